The van der Waals surface area contributed by atoms with Crippen LogP contribution in [0.5, 0.6) is 0 Å². The predicted octanol–water partition coefficient (Wildman–Crippen LogP) is 5.96. The van der Waals surface area contributed by atoms with Crippen molar-refractivity contribution in [3.63, 3.8) is 0 Å². The molecule has 0 unspecified atom stereocenters. The van der Waals surface area contributed by atoms with Crippen molar-refractivity contribution in [2.24, 2.45) is 0 Å². The molecule has 3 heterocycles. The lowest BCUT2D eigenvalue weighted by atomic mass is 10.1. The SMILES string of the molecule is O=C(Nc1ccc(Cl)c(-c2nc3ncccc3o2)c1)c1ccc(-c2cccc([N+](=O)[O-])c2)o1. The normalized spacial score (nSPS) is 10.9. The second-order valence-corrected chi connectivity index (χ2v) is 7.37. The van der Waals surface area contributed by atoms with Crippen LogP contribution in [0.3, 0.4) is 0 Å². The number of nitrogens with zero attached hydrogens (tertiary/aromatic N) is 3. The fourth-order valence-electron chi connectivity index (χ4n) is 3.23. The van der Waals surface area contributed by atoms with E-state index in [0.29, 0.717) is 38.8 Å². The Morgan fingerprint density at radius 1 is 1.03 bits per heavy atom. The Bertz CT molecular complexity index is 1490. The van der Waals surface area contributed by atoms with E-state index in [1.807, 2.05) is 0 Å². The third-order valence-corrected chi connectivity index (χ3v) is 5.12. The molecule has 0 aliphatic rings. The molecule has 2 aromatic carbocycles. The summed E-state index contributed by atoms with van der Waals surface area (Å²) >= 11 is 6.32. The van der Waals surface area contributed by atoms with Gasteiger partial charge in [0.2, 0.25) is 5.89 Å². The molecule has 0 bridgehead atoms. The number of nitro groups is 1. The minimum atomic E-state index is -0.501. The number of rotatable bonds is 5. The minimum Gasteiger partial charge on any atom is -0.451 e. The lowest BCUT2D eigenvalue weighted by molar-refractivity contribution is -0.384. The molecule has 0 saturated heterocycles. The highest BCUT2D eigenvalue weighted by atomic mass is 35.5. The van der Waals surface area contributed by atoms with Crippen LogP contribution in [-0.4, -0.2) is 20.8 Å². The lowest BCUT2D eigenvalue weighted by Crippen LogP contribution is -2.10. The number of carbonyl (C=O) groups excluding carboxylic acids is 1. The number of aromatic nitrogens is 2. The van der Waals surface area contributed by atoms with Gasteiger partial charge in [0.05, 0.1) is 15.5 Å². The van der Waals surface area contributed by atoms with Gasteiger partial charge in [-0.2, -0.15) is 4.98 Å². The number of hydrogen-bond donors (Lipinski definition) is 1. The van der Waals surface area contributed by atoms with E-state index < -0.39 is 10.8 Å². The molecule has 10 heteroatoms. The van der Waals surface area contributed by atoms with Crippen LogP contribution in [0.25, 0.3) is 34.0 Å². The van der Waals surface area contributed by atoms with Gasteiger partial charge in [0.15, 0.2) is 17.0 Å². The Morgan fingerprint density at radius 3 is 2.73 bits per heavy atom. The number of fused-ring (bicyclic) bond motifs is 1. The maximum Gasteiger partial charge on any atom is 0.291 e. The number of furan rings is 1. The van der Waals surface area contributed by atoms with Gasteiger partial charge in [0, 0.05) is 29.6 Å². The predicted molar refractivity (Wildman–Crippen MR) is 121 cm³/mol. The molecule has 5 rings (SSSR count). The largest absolute Gasteiger partial charge is 0.451 e. The van der Waals surface area contributed by atoms with Crippen LogP contribution in [0.1, 0.15) is 10.6 Å². The van der Waals surface area contributed by atoms with Gasteiger partial charge in [-0.05, 0) is 42.5 Å². The fourth-order valence-corrected chi connectivity index (χ4v) is 3.43. The number of oxazole rings is 1. The van der Waals surface area contributed by atoms with Gasteiger partial charge in [-0.1, -0.05) is 23.7 Å². The maximum absolute atomic E-state index is 12.7. The van der Waals surface area contributed by atoms with Crippen molar-refractivity contribution in [2.75, 3.05) is 5.32 Å². The Hall–Kier alpha value is -4.50. The number of amides is 1. The average Bonchev–Trinajstić information content (AvgIpc) is 3.48. The Balaban J connectivity index is 1.39. The quantitative estimate of drug-likeness (QED) is 0.253. The van der Waals surface area contributed by atoms with Crippen molar-refractivity contribution in [1.29, 1.82) is 0 Å². The molecular weight excluding hydrogens is 448 g/mol. The molecule has 0 aliphatic carbocycles. The number of anilines is 1. The monoisotopic (exact) mass is 460 g/mol. The molecule has 3 aromatic heterocycles. The highest BCUT2D eigenvalue weighted by molar-refractivity contribution is 6.33. The number of carbonyl (C=O) groups is 1. The molecule has 9 nitrogen and oxygen atoms in total. The summed E-state index contributed by atoms with van der Waals surface area (Å²) in [5, 5.41) is 14.1. The second-order valence-electron chi connectivity index (χ2n) is 6.96. The van der Waals surface area contributed by atoms with Crippen LogP contribution in [0.4, 0.5) is 11.4 Å². The molecule has 5 aromatic rings. The van der Waals surface area contributed by atoms with E-state index >= 15 is 0 Å². The summed E-state index contributed by atoms with van der Waals surface area (Å²) in [4.78, 5) is 31.7. The van der Waals surface area contributed by atoms with Gasteiger partial charge in [-0.3, -0.25) is 14.9 Å². The summed E-state index contributed by atoms with van der Waals surface area (Å²) in [5.74, 6) is 0.147. The van der Waals surface area contributed by atoms with Crippen LogP contribution < -0.4 is 5.32 Å². The van der Waals surface area contributed by atoms with E-state index in [0.717, 1.165) is 0 Å². The summed E-state index contributed by atoms with van der Waals surface area (Å²) in [6.45, 7) is 0. The summed E-state index contributed by atoms with van der Waals surface area (Å²) in [6, 6.07) is 17.4. The first-order valence-corrected chi connectivity index (χ1v) is 10.0. The van der Waals surface area contributed by atoms with Gasteiger partial charge < -0.3 is 14.2 Å². The van der Waals surface area contributed by atoms with E-state index in [9.17, 15) is 14.9 Å². The Kier molecular flexibility index (Phi) is 5.08. The van der Waals surface area contributed by atoms with Gasteiger partial charge in [-0.15, -0.1) is 0 Å². The summed E-state index contributed by atoms with van der Waals surface area (Å²) in [5.41, 5.74) is 2.32. The molecule has 162 valence electrons. The van der Waals surface area contributed by atoms with Crippen LogP contribution in [-0.2, 0) is 0 Å². The molecule has 1 N–H and O–H groups in total. The number of non-ortho nitro benzene ring substituents is 1. The average molecular weight is 461 g/mol. The van der Waals surface area contributed by atoms with Gasteiger partial charge in [-0.25, -0.2) is 4.98 Å². The standard InChI is InChI=1S/C23H13ClN4O5/c24-17-7-6-14(12-16(17)23-27-21-19(33-23)5-2-10-25-21)26-22(29)20-9-8-18(32-20)13-3-1-4-15(11-13)28(30)31/h1-12H,(H,26,29). The molecule has 0 fully saturated rings. The molecule has 0 atom stereocenters. The Morgan fingerprint density at radius 2 is 1.91 bits per heavy atom. The first kappa shape index (κ1) is 20.4. The Labute approximate surface area is 190 Å². The zero-order valence-corrected chi connectivity index (χ0v) is 17.4. The summed E-state index contributed by atoms with van der Waals surface area (Å²) < 4.78 is 11.3. The zero-order chi connectivity index (χ0) is 22.9. The van der Waals surface area contributed by atoms with E-state index in [2.05, 4.69) is 15.3 Å². The zero-order valence-electron chi connectivity index (χ0n) is 16.7. The van der Waals surface area contributed by atoms with E-state index in [1.54, 1.807) is 54.7 Å². The first-order chi connectivity index (χ1) is 16.0. The molecule has 0 spiro atoms. The third-order valence-electron chi connectivity index (χ3n) is 4.79. The van der Waals surface area contributed by atoms with E-state index in [4.69, 9.17) is 20.4 Å². The van der Waals surface area contributed by atoms with Crippen molar-refractivity contribution < 1.29 is 18.6 Å². The van der Waals surface area contributed by atoms with Crippen molar-refractivity contribution in [2.45, 2.75) is 0 Å². The van der Waals surface area contributed by atoms with Crippen LogP contribution in [0.15, 0.2) is 81.8 Å². The third kappa shape index (κ3) is 4.04. The van der Waals surface area contributed by atoms with Crippen molar-refractivity contribution in [1.82, 2.24) is 9.97 Å². The summed E-state index contributed by atoms with van der Waals surface area (Å²) in [6.07, 6.45) is 1.61. The second kappa shape index (κ2) is 8.21. The van der Waals surface area contributed by atoms with Crippen LogP contribution >= 0.6 is 11.6 Å². The topological polar surface area (TPSA) is 124 Å². The highest BCUT2D eigenvalue weighted by Gasteiger charge is 2.17. The van der Waals surface area contributed by atoms with Gasteiger partial charge >= 0.3 is 0 Å². The van der Waals surface area contributed by atoms with E-state index in [1.165, 1.54) is 18.2 Å². The van der Waals surface area contributed by atoms with E-state index in [-0.39, 0.29) is 17.3 Å². The number of hydrogen-bond acceptors (Lipinski definition) is 7. The molecular formula is C23H13ClN4O5. The number of pyridine rings is 1. The van der Waals surface area contributed by atoms with Gasteiger partial charge in [0.25, 0.3) is 11.6 Å². The molecule has 33 heavy (non-hydrogen) atoms. The minimum absolute atomic E-state index is 0.0408. The van der Waals surface area contributed by atoms with Crippen LogP contribution in [0, 0.1) is 10.1 Å². The number of nitrogens with one attached hydrogen (secondary N) is 1. The maximum atomic E-state index is 12.7. The number of nitro benzene ring substituents is 1. The van der Waals surface area contributed by atoms with Crippen molar-refractivity contribution in [3.05, 3.63) is 93.8 Å². The molecule has 0 saturated carbocycles. The van der Waals surface area contributed by atoms with Crippen molar-refractivity contribution in [3.8, 4) is 22.8 Å². The summed E-state index contributed by atoms with van der Waals surface area (Å²) in [7, 11) is 0. The van der Waals surface area contributed by atoms with Crippen LogP contribution in [0.2, 0.25) is 5.02 Å². The first-order valence-electron chi connectivity index (χ1n) is 9.65. The molecule has 0 radical (unpaired) electrons. The molecule has 1 amide bonds. The van der Waals surface area contributed by atoms with Gasteiger partial charge in [0.1, 0.15) is 5.76 Å². The molecule has 0 aliphatic heterocycles. The fraction of sp³-hybridized carbons (Fsp3) is 0. The number of benzene rings is 2. The number of halogens is 1. The smallest absolute Gasteiger partial charge is 0.291 e. The van der Waals surface area contributed by atoms with Crippen molar-refractivity contribution >= 4 is 40.1 Å². The lowest BCUT2D eigenvalue weighted by Gasteiger charge is -2.06. The highest BCUT2D eigenvalue weighted by Crippen LogP contribution is 2.32.